The van der Waals surface area contributed by atoms with Crippen molar-refractivity contribution in [3.05, 3.63) is 0 Å². The molecule has 0 amide bonds. The van der Waals surface area contributed by atoms with E-state index >= 15 is 0 Å². The molecule has 6 heteroatoms. The summed E-state index contributed by atoms with van der Waals surface area (Å²) in [4.78, 5) is 11.8. The van der Waals surface area contributed by atoms with Gasteiger partial charge in [-0.3, -0.25) is 4.79 Å². The van der Waals surface area contributed by atoms with Crippen LogP contribution in [0.4, 0.5) is 0 Å². The minimum atomic E-state index is -2.13. The summed E-state index contributed by atoms with van der Waals surface area (Å²) >= 11 is 0. The first-order valence-corrected chi connectivity index (χ1v) is 7.28. The molecule has 1 aliphatic rings. The van der Waals surface area contributed by atoms with Crippen molar-refractivity contribution in [2.75, 3.05) is 0 Å². The third-order valence-electron chi connectivity index (χ3n) is 3.77. The topological polar surface area (TPSA) is 107 Å². The molecule has 1 aliphatic heterocycles. The fraction of sp³-hybridized carbons (Fsp3) is 0.929. The van der Waals surface area contributed by atoms with Crippen LogP contribution >= 0.6 is 0 Å². The zero-order valence-electron chi connectivity index (χ0n) is 12.2. The smallest absolute Gasteiger partial charge is 0.202 e. The Kier molecular flexibility index (Phi) is 6.54. The first kappa shape index (κ1) is 17.5. The zero-order valence-corrected chi connectivity index (χ0v) is 12.2. The summed E-state index contributed by atoms with van der Waals surface area (Å²) in [7, 11) is 0. The van der Waals surface area contributed by atoms with Crippen molar-refractivity contribution in [1.82, 2.24) is 0 Å². The van der Waals surface area contributed by atoms with Crippen molar-refractivity contribution in [3.63, 3.8) is 0 Å². The number of hydrogen-bond donors (Lipinski definition) is 4. The summed E-state index contributed by atoms with van der Waals surface area (Å²) in [5.74, 6) is -2.35. The van der Waals surface area contributed by atoms with E-state index in [1.165, 1.54) is 6.92 Å². The molecule has 0 radical (unpaired) electrons. The third-order valence-corrected chi connectivity index (χ3v) is 3.77. The van der Waals surface area contributed by atoms with Crippen molar-refractivity contribution in [2.24, 2.45) is 0 Å². The number of ether oxygens (including phenoxy) is 1. The van der Waals surface area contributed by atoms with Gasteiger partial charge in [0.25, 0.3) is 0 Å². The van der Waals surface area contributed by atoms with Crippen LogP contribution in [-0.2, 0) is 9.53 Å². The van der Waals surface area contributed by atoms with E-state index in [0.717, 1.165) is 25.7 Å². The third kappa shape index (κ3) is 4.23. The van der Waals surface area contributed by atoms with E-state index in [2.05, 4.69) is 6.92 Å². The van der Waals surface area contributed by atoms with E-state index in [1.54, 1.807) is 0 Å². The van der Waals surface area contributed by atoms with Gasteiger partial charge >= 0.3 is 0 Å². The van der Waals surface area contributed by atoms with E-state index < -0.39 is 30.2 Å². The lowest BCUT2D eigenvalue weighted by Gasteiger charge is -2.44. The van der Waals surface area contributed by atoms with E-state index in [0.29, 0.717) is 6.42 Å². The second kappa shape index (κ2) is 7.47. The number of carbonyl (C=O) groups excluding carboxylic acids is 1. The maximum Gasteiger partial charge on any atom is 0.202 e. The second-order valence-electron chi connectivity index (χ2n) is 5.62. The number of ketones is 1. The van der Waals surface area contributed by atoms with Crippen LogP contribution in [0.15, 0.2) is 0 Å². The fourth-order valence-electron chi connectivity index (χ4n) is 2.46. The molecule has 1 fully saturated rings. The normalized spacial score (nSPS) is 37.9. The molecule has 0 saturated carbocycles. The minimum Gasteiger partial charge on any atom is -0.388 e. The maximum atomic E-state index is 11.8. The lowest BCUT2D eigenvalue weighted by atomic mass is 9.89. The monoisotopic (exact) mass is 290 g/mol. The predicted molar refractivity (Wildman–Crippen MR) is 71.9 cm³/mol. The quantitative estimate of drug-likeness (QED) is 0.496. The molecule has 0 aromatic heterocycles. The van der Waals surface area contributed by atoms with Crippen LogP contribution < -0.4 is 0 Å². The Labute approximate surface area is 119 Å². The summed E-state index contributed by atoms with van der Waals surface area (Å²) < 4.78 is 5.14. The average Bonchev–Trinajstić information content (AvgIpc) is 2.39. The van der Waals surface area contributed by atoms with Gasteiger partial charge in [-0.2, -0.15) is 0 Å². The number of carbonyl (C=O) groups is 1. The SMILES string of the molecule is CCCCCCC(=O)C[C@@]1(O)O[C@@H](C)[C@@H](O)[C@@H](O)[C@@H]1O. The molecule has 20 heavy (non-hydrogen) atoms. The molecule has 4 N–H and O–H groups in total. The van der Waals surface area contributed by atoms with Crippen LogP contribution in [0.5, 0.6) is 0 Å². The second-order valence-corrected chi connectivity index (χ2v) is 5.62. The average molecular weight is 290 g/mol. The molecule has 0 unspecified atom stereocenters. The first-order valence-electron chi connectivity index (χ1n) is 7.28. The molecule has 118 valence electrons. The highest BCUT2D eigenvalue weighted by Crippen LogP contribution is 2.31. The highest BCUT2D eigenvalue weighted by Gasteiger charge is 2.52. The zero-order chi connectivity index (χ0) is 15.3. The van der Waals surface area contributed by atoms with Crippen molar-refractivity contribution >= 4 is 5.78 Å². The van der Waals surface area contributed by atoms with Gasteiger partial charge in [-0.15, -0.1) is 0 Å². The largest absolute Gasteiger partial charge is 0.388 e. The molecule has 1 rings (SSSR count). The first-order chi connectivity index (χ1) is 9.31. The lowest BCUT2D eigenvalue weighted by molar-refractivity contribution is -0.341. The Bertz CT molecular complexity index is 321. The van der Waals surface area contributed by atoms with Gasteiger partial charge in [-0.25, -0.2) is 0 Å². The molecular formula is C14H26O6. The Morgan fingerprint density at radius 3 is 2.40 bits per heavy atom. The molecule has 0 spiro atoms. The van der Waals surface area contributed by atoms with Gasteiger partial charge in [0.2, 0.25) is 5.79 Å². The number of rotatable bonds is 7. The summed E-state index contributed by atoms with van der Waals surface area (Å²) in [6, 6.07) is 0. The van der Waals surface area contributed by atoms with Gasteiger partial charge in [0.15, 0.2) is 0 Å². The highest BCUT2D eigenvalue weighted by atomic mass is 16.7. The van der Waals surface area contributed by atoms with Gasteiger partial charge in [-0.1, -0.05) is 26.2 Å². The Hall–Kier alpha value is -0.530. The summed E-state index contributed by atoms with van der Waals surface area (Å²) in [5.41, 5.74) is 0. The molecule has 0 bridgehead atoms. The van der Waals surface area contributed by atoms with E-state index in [1.807, 2.05) is 0 Å². The standard InChI is InChI=1S/C14H26O6/c1-3-4-5-6-7-10(15)8-14(19)13(18)12(17)11(16)9(2)20-14/h9,11-13,16-19H,3-8H2,1-2H3/t9-,11+,12+,13-,14+/m0/s1. The molecule has 0 aromatic rings. The van der Waals surface area contributed by atoms with Crippen LogP contribution in [0.3, 0.4) is 0 Å². The van der Waals surface area contributed by atoms with E-state index in [9.17, 15) is 25.2 Å². The molecular weight excluding hydrogens is 264 g/mol. The molecule has 0 aromatic carbocycles. The fourth-order valence-corrected chi connectivity index (χ4v) is 2.46. The van der Waals surface area contributed by atoms with Crippen molar-refractivity contribution in [2.45, 2.75) is 82.6 Å². The minimum absolute atomic E-state index is 0.224. The van der Waals surface area contributed by atoms with Crippen LogP contribution in [-0.4, -0.2) is 56.4 Å². The highest BCUT2D eigenvalue weighted by molar-refractivity contribution is 5.79. The van der Waals surface area contributed by atoms with E-state index in [-0.39, 0.29) is 12.2 Å². The maximum absolute atomic E-state index is 11.8. The summed E-state index contributed by atoms with van der Waals surface area (Å²) in [5, 5.41) is 39.2. The number of aliphatic hydroxyl groups is 4. The lowest BCUT2D eigenvalue weighted by Crippen LogP contribution is -2.64. The molecule has 0 aliphatic carbocycles. The number of aliphatic hydroxyl groups excluding tert-OH is 3. The predicted octanol–water partition coefficient (Wildman–Crippen LogP) is 0.106. The molecule has 1 saturated heterocycles. The van der Waals surface area contributed by atoms with E-state index in [4.69, 9.17) is 4.74 Å². The Morgan fingerprint density at radius 2 is 1.80 bits per heavy atom. The Balaban J connectivity index is 2.53. The number of Topliss-reactive ketones (excluding diaryl/α,β-unsaturated/α-hetero) is 1. The number of unbranched alkanes of at least 4 members (excludes halogenated alkanes) is 3. The number of hydrogen-bond acceptors (Lipinski definition) is 6. The van der Waals surface area contributed by atoms with Gasteiger partial charge in [0, 0.05) is 6.42 Å². The van der Waals surface area contributed by atoms with Crippen LogP contribution in [0.1, 0.15) is 52.4 Å². The van der Waals surface area contributed by atoms with Gasteiger partial charge in [0.05, 0.1) is 12.5 Å². The van der Waals surface area contributed by atoms with Crippen LogP contribution in [0, 0.1) is 0 Å². The van der Waals surface area contributed by atoms with Crippen LogP contribution in [0.25, 0.3) is 0 Å². The Morgan fingerprint density at radius 1 is 1.15 bits per heavy atom. The van der Waals surface area contributed by atoms with Crippen molar-refractivity contribution in [1.29, 1.82) is 0 Å². The van der Waals surface area contributed by atoms with Gasteiger partial charge in [0.1, 0.15) is 24.1 Å². The summed E-state index contributed by atoms with van der Waals surface area (Å²) in [6.45, 7) is 3.54. The van der Waals surface area contributed by atoms with Crippen molar-refractivity contribution in [3.8, 4) is 0 Å². The molecule has 5 atom stereocenters. The van der Waals surface area contributed by atoms with Crippen molar-refractivity contribution < 1.29 is 30.0 Å². The van der Waals surface area contributed by atoms with Crippen LogP contribution in [0.2, 0.25) is 0 Å². The van der Waals surface area contributed by atoms with Gasteiger partial charge < -0.3 is 25.2 Å². The molecule has 1 heterocycles. The summed E-state index contributed by atoms with van der Waals surface area (Å²) in [6.07, 6.45) is -1.64. The van der Waals surface area contributed by atoms with Gasteiger partial charge in [-0.05, 0) is 13.3 Å². The molecule has 6 nitrogen and oxygen atoms in total.